The van der Waals surface area contributed by atoms with Crippen molar-refractivity contribution in [1.82, 2.24) is 20.2 Å². The van der Waals surface area contributed by atoms with E-state index in [-0.39, 0.29) is 12.4 Å². The summed E-state index contributed by atoms with van der Waals surface area (Å²) in [5.41, 5.74) is 7.00. The fraction of sp³-hybridized carbons (Fsp3) is 0.529. The van der Waals surface area contributed by atoms with Gasteiger partial charge in [-0.15, -0.1) is 12.4 Å². The molecule has 5 nitrogen and oxygen atoms in total. The van der Waals surface area contributed by atoms with Crippen LogP contribution in [0.4, 0.5) is 5.82 Å². The number of hydrogen-bond donors (Lipinski definition) is 2. The molecule has 1 aliphatic heterocycles. The van der Waals surface area contributed by atoms with E-state index in [4.69, 9.17) is 5.73 Å². The highest BCUT2D eigenvalue weighted by molar-refractivity contribution is 5.87. The van der Waals surface area contributed by atoms with Crippen molar-refractivity contribution in [2.45, 2.75) is 25.8 Å². The second kappa shape index (κ2) is 8.43. The first-order valence-electron chi connectivity index (χ1n) is 8.14. The minimum absolute atomic E-state index is 0. The summed E-state index contributed by atoms with van der Waals surface area (Å²) in [6.07, 6.45) is 3.82. The van der Waals surface area contributed by atoms with Crippen molar-refractivity contribution in [2.75, 3.05) is 32.4 Å². The molecule has 0 aliphatic carbocycles. The molecule has 0 bridgehead atoms. The first-order valence-corrected chi connectivity index (χ1v) is 8.14. The van der Waals surface area contributed by atoms with E-state index >= 15 is 0 Å². The Morgan fingerprint density at radius 2 is 1.96 bits per heavy atom. The summed E-state index contributed by atoms with van der Waals surface area (Å²) in [7, 11) is 2.02. The van der Waals surface area contributed by atoms with Gasteiger partial charge in [-0.25, -0.2) is 9.97 Å². The smallest absolute Gasteiger partial charge is 0.145 e. The van der Waals surface area contributed by atoms with Crippen LogP contribution in [0.25, 0.3) is 10.9 Å². The van der Waals surface area contributed by atoms with Gasteiger partial charge in [0.2, 0.25) is 0 Å². The first kappa shape index (κ1) is 17.9. The van der Waals surface area contributed by atoms with Crippen molar-refractivity contribution in [3.63, 3.8) is 0 Å². The molecule has 0 saturated carbocycles. The summed E-state index contributed by atoms with van der Waals surface area (Å²) in [5, 5.41) is 4.18. The number of nitrogens with two attached hydrogens (primary N) is 1. The third-order valence-electron chi connectivity index (χ3n) is 4.55. The summed E-state index contributed by atoms with van der Waals surface area (Å²) >= 11 is 0. The maximum absolute atomic E-state index is 6.06. The van der Waals surface area contributed by atoms with Crippen LogP contribution in [0.5, 0.6) is 0 Å². The topological polar surface area (TPSA) is 67.1 Å². The number of para-hydroxylation sites is 1. The molecule has 3 N–H and O–H groups in total. The number of fused-ring (bicyclic) bond motifs is 1. The first-order chi connectivity index (χ1) is 10.8. The molecule has 1 fully saturated rings. The lowest BCUT2D eigenvalue weighted by Crippen LogP contribution is -2.34. The van der Waals surface area contributed by atoms with Gasteiger partial charge in [0.1, 0.15) is 11.6 Å². The number of piperidine rings is 1. The van der Waals surface area contributed by atoms with Crippen molar-refractivity contribution in [1.29, 1.82) is 0 Å². The summed E-state index contributed by atoms with van der Waals surface area (Å²) in [5.74, 6) is 2.28. The van der Waals surface area contributed by atoms with Crippen LogP contribution in [0, 0.1) is 5.92 Å². The fourth-order valence-corrected chi connectivity index (χ4v) is 3.20. The van der Waals surface area contributed by atoms with Gasteiger partial charge < -0.3 is 11.1 Å². The number of hydrogen-bond acceptors (Lipinski definition) is 5. The van der Waals surface area contributed by atoms with E-state index in [1.807, 2.05) is 31.3 Å². The van der Waals surface area contributed by atoms with Crippen molar-refractivity contribution in [3.05, 3.63) is 30.1 Å². The normalized spacial score (nSPS) is 16.4. The van der Waals surface area contributed by atoms with Crippen LogP contribution in [0.3, 0.4) is 0 Å². The molecular weight excluding hydrogens is 310 g/mol. The Hall–Kier alpha value is -1.43. The van der Waals surface area contributed by atoms with Crippen molar-refractivity contribution < 1.29 is 0 Å². The highest BCUT2D eigenvalue weighted by atomic mass is 35.5. The summed E-state index contributed by atoms with van der Waals surface area (Å²) < 4.78 is 0. The number of aromatic nitrogens is 2. The van der Waals surface area contributed by atoms with Gasteiger partial charge in [0.05, 0.1) is 12.1 Å². The third kappa shape index (κ3) is 4.53. The molecule has 126 valence electrons. The van der Waals surface area contributed by atoms with Gasteiger partial charge in [0.25, 0.3) is 0 Å². The Morgan fingerprint density at radius 3 is 2.70 bits per heavy atom. The second-order valence-corrected chi connectivity index (χ2v) is 6.15. The van der Waals surface area contributed by atoms with E-state index in [0.29, 0.717) is 5.82 Å². The van der Waals surface area contributed by atoms with E-state index in [2.05, 4.69) is 20.2 Å². The minimum Gasteiger partial charge on any atom is -0.383 e. The SMILES string of the molecule is CNCCC1CCN(Cc2nc(N)c3ccccc3n2)CC1.Cl. The zero-order valence-electron chi connectivity index (χ0n) is 13.7. The van der Waals surface area contributed by atoms with Crippen LogP contribution >= 0.6 is 12.4 Å². The molecule has 6 heteroatoms. The lowest BCUT2D eigenvalue weighted by atomic mass is 9.93. The maximum atomic E-state index is 6.06. The number of nitrogens with zero attached hydrogens (tertiary/aromatic N) is 3. The minimum atomic E-state index is 0. The maximum Gasteiger partial charge on any atom is 0.145 e. The van der Waals surface area contributed by atoms with E-state index in [9.17, 15) is 0 Å². The molecule has 0 radical (unpaired) electrons. The standard InChI is InChI=1S/C17H25N5.ClH/c1-19-9-6-13-7-10-22(11-8-13)12-16-20-15-5-3-2-4-14(15)17(18)21-16;/h2-5,13,19H,6-12H2,1H3,(H2,18,20,21);1H. The highest BCUT2D eigenvalue weighted by Gasteiger charge is 2.19. The van der Waals surface area contributed by atoms with Gasteiger partial charge in [-0.05, 0) is 64.0 Å². The van der Waals surface area contributed by atoms with Crippen molar-refractivity contribution in [2.24, 2.45) is 5.92 Å². The second-order valence-electron chi connectivity index (χ2n) is 6.15. The molecule has 1 aliphatic rings. The largest absolute Gasteiger partial charge is 0.383 e. The summed E-state index contributed by atoms with van der Waals surface area (Å²) in [6.45, 7) is 4.18. The van der Waals surface area contributed by atoms with Gasteiger partial charge in [-0.2, -0.15) is 0 Å². The van der Waals surface area contributed by atoms with E-state index in [0.717, 1.165) is 48.8 Å². The number of anilines is 1. The lowest BCUT2D eigenvalue weighted by molar-refractivity contribution is 0.169. The molecule has 23 heavy (non-hydrogen) atoms. The Balaban J connectivity index is 0.00000192. The van der Waals surface area contributed by atoms with Gasteiger partial charge in [-0.1, -0.05) is 12.1 Å². The third-order valence-corrected chi connectivity index (χ3v) is 4.55. The lowest BCUT2D eigenvalue weighted by Gasteiger charge is -2.31. The molecule has 0 atom stereocenters. The number of likely N-dealkylation sites (tertiary alicyclic amines) is 1. The van der Waals surface area contributed by atoms with E-state index in [1.54, 1.807) is 0 Å². The molecule has 1 aromatic heterocycles. The van der Waals surface area contributed by atoms with Gasteiger partial charge in [0, 0.05) is 5.39 Å². The van der Waals surface area contributed by atoms with Crippen LogP contribution in [0.2, 0.25) is 0 Å². The summed E-state index contributed by atoms with van der Waals surface area (Å²) in [4.78, 5) is 11.6. The van der Waals surface area contributed by atoms with Gasteiger partial charge >= 0.3 is 0 Å². The number of rotatable bonds is 5. The number of benzene rings is 1. The Labute approximate surface area is 144 Å². The van der Waals surface area contributed by atoms with Crippen LogP contribution in [-0.2, 0) is 6.54 Å². The zero-order chi connectivity index (χ0) is 15.4. The predicted octanol–water partition coefficient (Wildman–Crippen LogP) is 2.46. The van der Waals surface area contributed by atoms with Crippen molar-refractivity contribution in [3.8, 4) is 0 Å². The molecule has 3 rings (SSSR count). The Morgan fingerprint density at radius 1 is 1.22 bits per heavy atom. The molecule has 2 aromatic rings. The van der Waals surface area contributed by atoms with Crippen LogP contribution < -0.4 is 11.1 Å². The number of nitrogen functional groups attached to an aromatic ring is 1. The van der Waals surface area contributed by atoms with E-state index in [1.165, 1.54) is 19.3 Å². The van der Waals surface area contributed by atoms with Crippen molar-refractivity contribution >= 4 is 29.1 Å². The molecule has 0 unspecified atom stereocenters. The molecule has 0 spiro atoms. The Kier molecular flexibility index (Phi) is 6.57. The quantitative estimate of drug-likeness (QED) is 0.878. The van der Waals surface area contributed by atoms with E-state index < -0.39 is 0 Å². The number of nitrogens with one attached hydrogen (secondary N) is 1. The Bertz CT molecular complexity index is 625. The average Bonchev–Trinajstić information content (AvgIpc) is 2.54. The highest BCUT2D eigenvalue weighted by Crippen LogP contribution is 2.22. The summed E-state index contributed by atoms with van der Waals surface area (Å²) in [6, 6.07) is 7.94. The van der Waals surface area contributed by atoms with Crippen LogP contribution in [0.15, 0.2) is 24.3 Å². The van der Waals surface area contributed by atoms with Crippen LogP contribution in [0.1, 0.15) is 25.1 Å². The molecule has 0 amide bonds. The van der Waals surface area contributed by atoms with Gasteiger partial charge in [0.15, 0.2) is 0 Å². The molecule has 2 heterocycles. The molecule has 1 saturated heterocycles. The number of halogens is 1. The molecular formula is C17H26ClN5. The average molecular weight is 336 g/mol. The zero-order valence-corrected chi connectivity index (χ0v) is 14.5. The monoisotopic (exact) mass is 335 g/mol. The fourth-order valence-electron chi connectivity index (χ4n) is 3.20. The predicted molar refractivity (Wildman–Crippen MR) is 97.7 cm³/mol. The van der Waals surface area contributed by atoms with Crippen LogP contribution in [-0.4, -0.2) is 41.5 Å². The molecule has 1 aromatic carbocycles. The van der Waals surface area contributed by atoms with Gasteiger partial charge in [-0.3, -0.25) is 4.90 Å².